The molecule has 5 nitrogen and oxygen atoms in total. The average molecular weight is 306 g/mol. The van der Waals surface area contributed by atoms with Gasteiger partial charge >= 0.3 is 0 Å². The van der Waals surface area contributed by atoms with Gasteiger partial charge in [0.05, 0.1) is 5.02 Å². The van der Waals surface area contributed by atoms with Crippen molar-refractivity contribution in [3.63, 3.8) is 0 Å². The van der Waals surface area contributed by atoms with Crippen LogP contribution in [0.2, 0.25) is 5.02 Å². The van der Waals surface area contributed by atoms with Crippen LogP contribution < -0.4 is 19.9 Å². The van der Waals surface area contributed by atoms with E-state index in [0.29, 0.717) is 34.4 Å². The summed E-state index contributed by atoms with van der Waals surface area (Å²) in [6, 6.07) is 10.2. The molecule has 1 amide bonds. The minimum atomic E-state index is -0.468. The Kier molecular flexibility index (Phi) is 3.58. The maximum atomic E-state index is 11.0. The summed E-state index contributed by atoms with van der Waals surface area (Å²) in [5.74, 6) is 1.34. The number of hydrogen-bond acceptors (Lipinski definition) is 4. The van der Waals surface area contributed by atoms with Gasteiger partial charge in [-0.15, -0.1) is 0 Å². The lowest BCUT2D eigenvalue weighted by atomic mass is 10.2. The molecule has 0 aromatic heterocycles. The first-order valence-corrected chi connectivity index (χ1v) is 6.62. The van der Waals surface area contributed by atoms with Gasteiger partial charge in [-0.2, -0.15) is 0 Å². The number of carbonyl (C=O) groups is 1. The molecule has 2 aromatic rings. The van der Waals surface area contributed by atoms with Crippen molar-refractivity contribution in [2.45, 2.75) is 6.61 Å². The van der Waals surface area contributed by atoms with E-state index in [1.807, 2.05) is 6.07 Å². The van der Waals surface area contributed by atoms with E-state index in [0.717, 1.165) is 5.56 Å². The van der Waals surface area contributed by atoms with Crippen LogP contribution in [0.1, 0.15) is 15.9 Å². The molecule has 108 valence electrons. The third-order valence-electron chi connectivity index (χ3n) is 3.03. The lowest BCUT2D eigenvalue weighted by Gasteiger charge is -2.08. The number of amides is 1. The van der Waals surface area contributed by atoms with E-state index in [-0.39, 0.29) is 6.79 Å². The molecule has 2 aromatic carbocycles. The van der Waals surface area contributed by atoms with E-state index < -0.39 is 5.91 Å². The van der Waals surface area contributed by atoms with Gasteiger partial charge in [0, 0.05) is 5.56 Å². The summed E-state index contributed by atoms with van der Waals surface area (Å²) >= 11 is 6.10. The summed E-state index contributed by atoms with van der Waals surface area (Å²) in [5.41, 5.74) is 6.48. The Morgan fingerprint density at radius 2 is 2.00 bits per heavy atom. The Labute approximate surface area is 126 Å². The minimum Gasteiger partial charge on any atom is -0.489 e. The van der Waals surface area contributed by atoms with Crippen LogP contribution in [0.5, 0.6) is 17.2 Å². The summed E-state index contributed by atoms with van der Waals surface area (Å²) in [6.45, 7) is 0.500. The molecule has 0 radical (unpaired) electrons. The number of carbonyl (C=O) groups excluding carboxylic acids is 1. The zero-order valence-corrected chi connectivity index (χ0v) is 11.7. The van der Waals surface area contributed by atoms with Crippen LogP contribution in [0.3, 0.4) is 0 Å². The van der Waals surface area contributed by atoms with Crippen molar-refractivity contribution in [3.05, 3.63) is 52.5 Å². The average Bonchev–Trinajstić information content (AvgIpc) is 2.94. The molecular formula is C15H12ClNO4. The fourth-order valence-corrected chi connectivity index (χ4v) is 2.27. The van der Waals surface area contributed by atoms with E-state index in [4.69, 9.17) is 31.5 Å². The van der Waals surface area contributed by atoms with Crippen molar-refractivity contribution in [3.8, 4) is 17.2 Å². The Morgan fingerprint density at radius 3 is 2.71 bits per heavy atom. The lowest BCUT2D eigenvalue weighted by molar-refractivity contribution is 0.1000. The van der Waals surface area contributed by atoms with Crippen LogP contribution in [0.15, 0.2) is 36.4 Å². The highest BCUT2D eigenvalue weighted by atomic mass is 35.5. The Hall–Kier alpha value is -2.40. The Morgan fingerprint density at radius 1 is 1.24 bits per heavy atom. The van der Waals surface area contributed by atoms with Gasteiger partial charge in [-0.25, -0.2) is 0 Å². The number of nitrogens with two attached hydrogens (primary N) is 1. The highest BCUT2D eigenvalue weighted by Crippen LogP contribution is 2.39. The van der Waals surface area contributed by atoms with Gasteiger partial charge in [0.15, 0.2) is 11.5 Å². The second kappa shape index (κ2) is 5.54. The van der Waals surface area contributed by atoms with Crippen LogP contribution in [0.25, 0.3) is 0 Å². The van der Waals surface area contributed by atoms with Crippen molar-refractivity contribution < 1.29 is 19.0 Å². The van der Waals surface area contributed by atoms with Gasteiger partial charge in [-0.3, -0.25) is 4.79 Å². The molecule has 21 heavy (non-hydrogen) atoms. The fraction of sp³-hybridized carbons (Fsp3) is 0.133. The van der Waals surface area contributed by atoms with Crippen LogP contribution in [0.4, 0.5) is 0 Å². The first-order chi connectivity index (χ1) is 10.1. The number of benzene rings is 2. The molecule has 0 bridgehead atoms. The van der Waals surface area contributed by atoms with Crippen molar-refractivity contribution in [1.82, 2.24) is 0 Å². The highest BCUT2D eigenvalue weighted by Gasteiger charge is 2.18. The molecule has 0 spiro atoms. The zero-order chi connectivity index (χ0) is 14.8. The smallest absolute Gasteiger partial charge is 0.248 e. The van der Waals surface area contributed by atoms with Gasteiger partial charge in [-0.05, 0) is 42.0 Å². The topological polar surface area (TPSA) is 70.8 Å². The number of rotatable bonds is 4. The van der Waals surface area contributed by atoms with Crippen LogP contribution >= 0.6 is 11.6 Å². The van der Waals surface area contributed by atoms with Crippen LogP contribution in [-0.2, 0) is 6.61 Å². The predicted octanol–water partition coefficient (Wildman–Crippen LogP) is 2.75. The summed E-state index contributed by atoms with van der Waals surface area (Å²) < 4.78 is 16.2. The minimum absolute atomic E-state index is 0.175. The summed E-state index contributed by atoms with van der Waals surface area (Å²) in [7, 11) is 0. The van der Waals surface area contributed by atoms with Gasteiger partial charge in [-0.1, -0.05) is 11.6 Å². The maximum absolute atomic E-state index is 11.0. The number of primary amides is 1. The number of ether oxygens (including phenoxy) is 3. The third-order valence-corrected chi connectivity index (χ3v) is 3.31. The Bertz CT molecular complexity index is 685. The first-order valence-electron chi connectivity index (χ1n) is 6.24. The van der Waals surface area contributed by atoms with Crippen molar-refractivity contribution in [1.29, 1.82) is 0 Å². The SMILES string of the molecule is NC(=O)c1ccc(OCc2cc(Cl)c3c(c2)OCO3)cc1. The Balaban J connectivity index is 1.70. The molecule has 0 aliphatic carbocycles. The standard InChI is InChI=1S/C15H12ClNO4/c16-12-5-9(6-13-14(12)21-8-20-13)7-19-11-3-1-10(2-4-11)15(17)18/h1-6H,7-8H2,(H2,17,18). The van der Waals surface area contributed by atoms with Gasteiger partial charge in [0.1, 0.15) is 12.4 Å². The quantitative estimate of drug-likeness (QED) is 0.943. The molecule has 0 saturated heterocycles. The normalized spacial score (nSPS) is 12.2. The monoisotopic (exact) mass is 305 g/mol. The van der Waals surface area contributed by atoms with Crippen LogP contribution in [-0.4, -0.2) is 12.7 Å². The number of fused-ring (bicyclic) bond motifs is 1. The molecule has 1 aliphatic rings. The molecule has 0 saturated carbocycles. The van der Waals surface area contributed by atoms with E-state index in [2.05, 4.69) is 0 Å². The van der Waals surface area contributed by atoms with E-state index >= 15 is 0 Å². The first kappa shape index (κ1) is 13.6. The number of hydrogen-bond donors (Lipinski definition) is 1. The second-order valence-electron chi connectivity index (χ2n) is 4.49. The molecule has 2 N–H and O–H groups in total. The van der Waals surface area contributed by atoms with E-state index in [1.54, 1.807) is 30.3 Å². The van der Waals surface area contributed by atoms with Crippen molar-refractivity contribution in [2.75, 3.05) is 6.79 Å². The lowest BCUT2D eigenvalue weighted by Crippen LogP contribution is -2.10. The maximum Gasteiger partial charge on any atom is 0.248 e. The number of halogens is 1. The summed E-state index contributed by atoms with van der Waals surface area (Å²) in [6.07, 6.45) is 0. The van der Waals surface area contributed by atoms with E-state index in [9.17, 15) is 4.79 Å². The molecule has 3 rings (SSSR count). The van der Waals surface area contributed by atoms with Gasteiger partial charge < -0.3 is 19.9 Å². The van der Waals surface area contributed by atoms with E-state index in [1.165, 1.54) is 0 Å². The molecular weight excluding hydrogens is 294 g/mol. The molecule has 6 heteroatoms. The van der Waals surface area contributed by atoms with Gasteiger partial charge in [0.25, 0.3) is 0 Å². The predicted molar refractivity (Wildman–Crippen MR) is 76.9 cm³/mol. The molecule has 0 fully saturated rings. The van der Waals surface area contributed by atoms with Gasteiger partial charge in [0.2, 0.25) is 12.7 Å². The molecule has 1 heterocycles. The highest BCUT2D eigenvalue weighted by molar-refractivity contribution is 6.32. The molecule has 1 aliphatic heterocycles. The van der Waals surface area contributed by atoms with Crippen molar-refractivity contribution >= 4 is 17.5 Å². The van der Waals surface area contributed by atoms with Crippen molar-refractivity contribution in [2.24, 2.45) is 5.73 Å². The largest absolute Gasteiger partial charge is 0.489 e. The summed E-state index contributed by atoms with van der Waals surface area (Å²) in [5, 5.41) is 0.493. The molecule has 0 atom stereocenters. The third kappa shape index (κ3) is 2.87. The molecule has 0 unspecified atom stereocenters. The second-order valence-corrected chi connectivity index (χ2v) is 4.90. The summed E-state index contributed by atoms with van der Waals surface area (Å²) in [4.78, 5) is 11.0. The van der Waals surface area contributed by atoms with Crippen LogP contribution in [0, 0.1) is 0 Å². The zero-order valence-electron chi connectivity index (χ0n) is 11.0. The fourth-order valence-electron chi connectivity index (χ4n) is 1.99.